The number of nitrogens with one attached hydrogen (secondary N) is 1. The highest BCUT2D eigenvalue weighted by molar-refractivity contribution is 5.82. The zero-order valence-electron chi connectivity index (χ0n) is 14.9. The molecule has 0 saturated carbocycles. The summed E-state index contributed by atoms with van der Waals surface area (Å²) < 4.78 is 6.02. The van der Waals surface area contributed by atoms with E-state index in [9.17, 15) is 4.79 Å². The van der Waals surface area contributed by atoms with Crippen LogP contribution in [0.3, 0.4) is 0 Å². The van der Waals surface area contributed by atoms with Crippen molar-refractivity contribution in [2.24, 2.45) is 5.92 Å². The first-order valence-corrected chi connectivity index (χ1v) is 9.28. The van der Waals surface area contributed by atoms with Crippen LogP contribution in [-0.2, 0) is 6.54 Å². The number of rotatable bonds is 5. The van der Waals surface area contributed by atoms with Gasteiger partial charge in [-0.25, -0.2) is 0 Å². The van der Waals surface area contributed by atoms with Crippen molar-refractivity contribution in [3.63, 3.8) is 0 Å². The number of H-pyrrole nitrogens is 1. The largest absolute Gasteiger partial charge is 0.493 e. The van der Waals surface area contributed by atoms with Gasteiger partial charge in [-0.15, -0.1) is 0 Å². The molecule has 0 spiro atoms. The fourth-order valence-electron chi connectivity index (χ4n) is 3.63. The predicted octanol–water partition coefficient (Wildman–Crippen LogP) is 3.82. The molecule has 0 bridgehead atoms. The van der Waals surface area contributed by atoms with Gasteiger partial charge >= 0.3 is 0 Å². The Hall–Kier alpha value is -2.59. The first-order chi connectivity index (χ1) is 12.8. The molecule has 1 fully saturated rings. The summed E-state index contributed by atoms with van der Waals surface area (Å²) in [6.45, 7) is 4.02. The van der Waals surface area contributed by atoms with Crippen LogP contribution in [0.1, 0.15) is 18.4 Å². The van der Waals surface area contributed by atoms with Crippen LogP contribution in [0, 0.1) is 5.92 Å². The number of pyridine rings is 1. The average molecular weight is 348 g/mol. The van der Waals surface area contributed by atoms with Crippen molar-refractivity contribution in [3.8, 4) is 5.75 Å². The Morgan fingerprint density at radius 2 is 1.85 bits per heavy atom. The smallest absolute Gasteiger partial charge is 0.255 e. The third-order valence-electron chi connectivity index (χ3n) is 5.19. The number of aromatic nitrogens is 1. The second-order valence-electron chi connectivity index (χ2n) is 7.07. The molecule has 1 saturated heterocycles. The van der Waals surface area contributed by atoms with Crippen LogP contribution in [0.2, 0.25) is 0 Å². The van der Waals surface area contributed by atoms with E-state index in [0.29, 0.717) is 11.3 Å². The Balaban J connectivity index is 1.29. The Morgan fingerprint density at radius 1 is 1.04 bits per heavy atom. The number of ether oxygens (including phenoxy) is 1. The van der Waals surface area contributed by atoms with Gasteiger partial charge in [0, 0.05) is 18.1 Å². The van der Waals surface area contributed by atoms with Crippen molar-refractivity contribution in [1.82, 2.24) is 9.88 Å². The number of benzene rings is 2. The Labute approximate surface area is 153 Å². The molecule has 1 aliphatic rings. The van der Waals surface area contributed by atoms with Gasteiger partial charge in [0.25, 0.3) is 5.56 Å². The fraction of sp³-hybridized carbons (Fsp3) is 0.318. The number of aromatic amines is 1. The van der Waals surface area contributed by atoms with Gasteiger partial charge in [-0.2, -0.15) is 0 Å². The summed E-state index contributed by atoms with van der Waals surface area (Å²) >= 11 is 0. The summed E-state index contributed by atoms with van der Waals surface area (Å²) in [5, 5.41) is 1.62. The van der Waals surface area contributed by atoms with Gasteiger partial charge in [-0.1, -0.05) is 30.3 Å². The summed E-state index contributed by atoms with van der Waals surface area (Å²) in [7, 11) is 0. The molecule has 1 aromatic heterocycles. The van der Waals surface area contributed by atoms with Crippen LogP contribution < -0.4 is 10.3 Å². The predicted molar refractivity (Wildman–Crippen MR) is 105 cm³/mol. The second-order valence-corrected chi connectivity index (χ2v) is 7.07. The molecule has 0 atom stereocenters. The van der Waals surface area contributed by atoms with E-state index in [4.69, 9.17) is 4.74 Å². The van der Waals surface area contributed by atoms with E-state index < -0.39 is 0 Å². The molecule has 2 heterocycles. The maximum absolute atomic E-state index is 11.8. The summed E-state index contributed by atoms with van der Waals surface area (Å²) in [6, 6.07) is 18.3. The molecule has 4 heteroatoms. The molecular weight excluding hydrogens is 324 g/mol. The molecule has 0 amide bonds. The Morgan fingerprint density at radius 3 is 2.65 bits per heavy atom. The normalized spacial score (nSPS) is 16.0. The van der Waals surface area contributed by atoms with Crippen LogP contribution in [-0.4, -0.2) is 29.6 Å². The molecule has 0 unspecified atom stereocenters. The van der Waals surface area contributed by atoms with Crippen molar-refractivity contribution < 1.29 is 4.74 Å². The zero-order chi connectivity index (χ0) is 17.8. The number of hydrogen-bond acceptors (Lipinski definition) is 3. The van der Waals surface area contributed by atoms with Crippen LogP contribution in [0.5, 0.6) is 5.75 Å². The van der Waals surface area contributed by atoms with Crippen LogP contribution in [0.25, 0.3) is 10.8 Å². The average Bonchev–Trinajstić information content (AvgIpc) is 2.68. The SMILES string of the molecule is O=c1[nH]ccc2cc(OCC3CCN(Cc4ccccc4)CC3)ccc12. The lowest BCUT2D eigenvalue weighted by molar-refractivity contribution is 0.137. The van der Waals surface area contributed by atoms with Crippen molar-refractivity contribution in [1.29, 1.82) is 0 Å². The highest BCUT2D eigenvalue weighted by atomic mass is 16.5. The second kappa shape index (κ2) is 7.75. The molecule has 134 valence electrons. The van der Waals surface area contributed by atoms with Crippen molar-refractivity contribution >= 4 is 10.8 Å². The summed E-state index contributed by atoms with van der Waals surface area (Å²) in [5.74, 6) is 1.44. The van der Waals surface area contributed by atoms with E-state index in [1.54, 1.807) is 6.20 Å². The summed E-state index contributed by atoms with van der Waals surface area (Å²) in [5.41, 5.74) is 1.33. The minimum Gasteiger partial charge on any atom is -0.493 e. The Kier molecular flexibility index (Phi) is 5.02. The first-order valence-electron chi connectivity index (χ1n) is 9.28. The number of nitrogens with zero attached hydrogens (tertiary/aromatic N) is 1. The van der Waals surface area contributed by atoms with E-state index in [1.807, 2.05) is 24.3 Å². The molecule has 0 radical (unpaired) electrons. The van der Waals surface area contributed by atoms with Gasteiger partial charge < -0.3 is 9.72 Å². The Bertz CT molecular complexity index is 912. The fourth-order valence-corrected chi connectivity index (χ4v) is 3.63. The van der Waals surface area contributed by atoms with Gasteiger partial charge in [-0.05, 0) is 67.1 Å². The standard InChI is InChI=1S/C22H24N2O2/c25-22-21-7-6-20(14-19(21)8-11-23-22)26-16-18-9-12-24(13-10-18)15-17-4-2-1-3-5-17/h1-8,11,14,18H,9-10,12-13,15-16H2,(H,23,25). The monoisotopic (exact) mass is 348 g/mol. The summed E-state index contributed by atoms with van der Waals surface area (Å²) in [6.07, 6.45) is 4.01. The lowest BCUT2D eigenvalue weighted by Gasteiger charge is -2.31. The maximum atomic E-state index is 11.8. The van der Waals surface area contributed by atoms with Crippen molar-refractivity contribution in [3.05, 3.63) is 76.7 Å². The number of fused-ring (bicyclic) bond motifs is 1. The van der Waals surface area contributed by atoms with Gasteiger partial charge in [-0.3, -0.25) is 9.69 Å². The van der Waals surface area contributed by atoms with Crippen LogP contribution >= 0.6 is 0 Å². The van der Waals surface area contributed by atoms with E-state index in [2.05, 4.69) is 40.2 Å². The van der Waals surface area contributed by atoms with Crippen molar-refractivity contribution in [2.75, 3.05) is 19.7 Å². The minimum absolute atomic E-state index is 0.0557. The van der Waals surface area contributed by atoms with Crippen LogP contribution in [0.15, 0.2) is 65.6 Å². The third-order valence-corrected chi connectivity index (χ3v) is 5.19. The van der Waals surface area contributed by atoms with E-state index in [-0.39, 0.29) is 5.56 Å². The van der Waals surface area contributed by atoms with Gasteiger partial charge in [0.1, 0.15) is 5.75 Å². The molecule has 3 aromatic rings. The summed E-state index contributed by atoms with van der Waals surface area (Å²) in [4.78, 5) is 17.0. The third kappa shape index (κ3) is 3.97. The lowest BCUT2D eigenvalue weighted by atomic mass is 9.97. The molecule has 1 N–H and O–H groups in total. The number of hydrogen-bond donors (Lipinski definition) is 1. The van der Waals surface area contributed by atoms with E-state index >= 15 is 0 Å². The van der Waals surface area contributed by atoms with E-state index in [0.717, 1.165) is 37.4 Å². The van der Waals surface area contributed by atoms with Gasteiger partial charge in [0.2, 0.25) is 0 Å². The topological polar surface area (TPSA) is 45.3 Å². The van der Waals surface area contributed by atoms with Crippen molar-refractivity contribution in [2.45, 2.75) is 19.4 Å². The van der Waals surface area contributed by atoms with E-state index in [1.165, 1.54) is 18.4 Å². The maximum Gasteiger partial charge on any atom is 0.255 e. The quantitative estimate of drug-likeness (QED) is 0.762. The highest BCUT2D eigenvalue weighted by Crippen LogP contribution is 2.22. The number of piperidine rings is 1. The molecule has 26 heavy (non-hydrogen) atoms. The molecular formula is C22H24N2O2. The minimum atomic E-state index is -0.0557. The first kappa shape index (κ1) is 16.9. The molecule has 4 rings (SSSR count). The zero-order valence-corrected chi connectivity index (χ0v) is 14.9. The number of likely N-dealkylation sites (tertiary alicyclic amines) is 1. The highest BCUT2D eigenvalue weighted by Gasteiger charge is 2.19. The van der Waals surface area contributed by atoms with Gasteiger partial charge in [0.15, 0.2) is 0 Å². The lowest BCUT2D eigenvalue weighted by Crippen LogP contribution is -2.35. The molecule has 4 nitrogen and oxygen atoms in total. The van der Waals surface area contributed by atoms with Crippen LogP contribution in [0.4, 0.5) is 0 Å². The van der Waals surface area contributed by atoms with Gasteiger partial charge in [0.05, 0.1) is 6.61 Å². The molecule has 0 aliphatic carbocycles. The molecule has 1 aliphatic heterocycles. The molecule has 2 aromatic carbocycles.